The topological polar surface area (TPSA) is 46.4 Å². The number of benzene rings is 4. The third kappa shape index (κ3) is 4.49. The summed E-state index contributed by atoms with van der Waals surface area (Å²) >= 11 is 12.4. The standard InChI is InChI=1S/C27H19Cl2N3O/c28-23-12-11-21(25(29)14-23)16-32-17-22(24-7-3-4-8-26(24)32)15-30-31-27(33)20-10-9-18-5-1-2-6-19(18)13-20/h1-15,17H,16H2,(H,31,33)/b30-15-. The molecule has 6 heteroatoms. The zero-order valence-corrected chi connectivity index (χ0v) is 19.0. The van der Waals surface area contributed by atoms with E-state index in [-0.39, 0.29) is 5.91 Å². The lowest BCUT2D eigenvalue weighted by Crippen LogP contribution is -2.17. The molecule has 0 bridgehead atoms. The molecule has 0 aliphatic heterocycles. The summed E-state index contributed by atoms with van der Waals surface area (Å²) in [6.07, 6.45) is 3.67. The fourth-order valence-corrected chi connectivity index (χ4v) is 4.37. The van der Waals surface area contributed by atoms with Crippen molar-refractivity contribution in [3.63, 3.8) is 0 Å². The van der Waals surface area contributed by atoms with Crippen LogP contribution >= 0.6 is 23.2 Å². The van der Waals surface area contributed by atoms with Crippen LogP contribution in [-0.4, -0.2) is 16.7 Å². The fourth-order valence-electron chi connectivity index (χ4n) is 3.90. The molecule has 0 spiro atoms. The second-order valence-corrected chi connectivity index (χ2v) is 8.57. The molecule has 1 aromatic heterocycles. The largest absolute Gasteiger partial charge is 0.342 e. The minimum atomic E-state index is -0.256. The van der Waals surface area contributed by atoms with Gasteiger partial charge in [-0.05, 0) is 46.7 Å². The number of aromatic nitrogens is 1. The molecule has 1 heterocycles. The number of carbonyl (C=O) groups is 1. The number of para-hydroxylation sites is 1. The van der Waals surface area contributed by atoms with Gasteiger partial charge in [-0.3, -0.25) is 4.79 Å². The normalized spacial score (nSPS) is 11.5. The number of nitrogens with zero attached hydrogens (tertiary/aromatic N) is 2. The first-order valence-corrected chi connectivity index (χ1v) is 11.2. The van der Waals surface area contributed by atoms with Crippen molar-refractivity contribution in [3.05, 3.63) is 118 Å². The van der Waals surface area contributed by atoms with Crippen molar-refractivity contribution in [2.75, 3.05) is 0 Å². The highest BCUT2D eigenvalue weighted by Crippen LogP contribution is 2.25. The summed E-state index contributed by atoms with van der Waals surface area (Å²) < 4.78 is 2.11. The van der Waals surface area contributed by atoms with Gasteiger partial charge in [-0.1, -0.05) is 77.8 Å². The van der Waals surface area contributed by atoms with E-state index in [4.69, 9.17) is 23.2 Å². The molecule has 0 fully saturated rings. The summed E-state index contributed by atoms with van der Waals surface area (Å²) in [4.78, 5) is 12.6. The number of fused-ring (bicyclic) bond motifs is 2. The molecule has 4 nitrogen and oxygen atoms in total. The summed E-state index contributed by atoms with van der Waals surface area (Å²) in [7, 11) is 0. The Morgan fingerprint density at radius 1 is 0.909 bits per heavy atom. The number of rotatable bonds is 5. The lowest BCUT2D eigenvalue weighted by molar-refractivity contribution is 0.0955. The summed E-state index contributed by atoms with van der Waals surface area (Å²) in [6.45, 7) is 0.591. The minimum Gasteiger partial charge on any atom is -0.342 e. The Bertz CT molecular complexity index is 1520. The van der Waals surface area contributed by atoms with Crippen LogP contribution < -0.4 is 5.43 Å². The van der Waals surface area contributed by atoms with Crippen LogP contribution in [0.15, 0.2) is 96.2 Å². The van der Waals surface area contributed by atoms with Crippen LogP contribution in [0.1, 0.15) is 21.5 Å². The lowest BCUT2D eigenvalue weighted by atomic mass is 10.1. The van der Waals surface area contributed by atoms with Crippen molar-refractivity contribution in [1.82, 2.24) is 9.99 Å². The fraction of sp³-hybridized carbons (Fsp3) is 0.0370. The summed E-state index contributed by atoms with van der Waals surface area (Å²) in [6, 6.07) is 27.1. The van der Waals surface area contributed by atoms with Crippen LogP contribution in [0.25, 0.3) is 21.7 Å². The summed E-state index contributed by atoms with van der Waals surface area (Å²) in [5.74, 6) is -0.256. The van der Waals surface area contributed by atoms with E-state index in [1.807, 2.05) is 79.0 Å². The number of carbonyl (C=O) groups excluding carboxylic acids is 1. The molecule has 0 atom stereocenters. The molecule has 0 aliphatic carbocycles. The molecular weight excluding hydrogens is 453 g/mol. The first-order chi connectivity index (χ1) is 16.1. The number of amides is 1. The van der Waals surface area contributed by atoms with Gasteiger partial charge < -0.3 is 4.57 Å². The number of hydrogen-bond acceptors (Lipinski definition) is 2. The molecule has 1 amide bonds. The molecule has 0 saturated carbocycles. The van der Waals surface area contributed by atoms with Gasteiger partial charge in [0.2, 0.25) is 0 Å². The van der Waals surface area contributed by atoms with Crippen LogP contribution in [0.4, 0.5) is 0 Å². The van der Waals surface area contributed by atoms with E-state index in [9.17, 15) is 4.79 Å². The van der Waals surface area contributed by atoms with Gasteiger partial charge in [0.15, 0.2) is 0 Å². The molecular formula is C27H19Cl2N3O. The van der Waals surface area contributed by atoms with Gasteiger partial charge >= 0.3 is 0 Å². The summed E-state index contributed by atoms with van der Waals surface area (Å²) in [5.41, 5.74) is 6.11. The molecule has 0 unspecified atom stereocenters. The molecule has 1 N–H and O–H groups in total. The van der Waals surface area contributed by atoms with Gasteiger partial charge in [0.25, 0.3) is 5.91 Å². The van der Waals surface area contributed by atoms with E-state index < -0.39 is 0 Å². The van der Waals surface area contributed by atoms with Gasteiger partial charge in [0.05, 0.1) is 6.21 Å². The third-order valence-corrected chi connectivity index (χ3v) is 6.14. The van der Waals surface area contributed by atoms with Crippen molar-refractivity contribution in [2.24, 2.45) is 5.10 Å². The number of hydrazone groups is 1. The second-order valence-electron chi connectivity index (χ2n) is 7.73. The molecule has 4 aromatic carbocycles. The van der Waals surface area contributed by atoms with Gasteiger partial charge in [-0.25, -0.2) is 5.43 Å². The highest BCUT2D eigenvalue weighted by molar-refractivity contribution is 6.35. The molecule has 0 saturated heterocycles. The van der Waals surface area contributed by atoms with E-state index in [0.29, 0.717) is 22.2 Å². The predicted octanol–water partition coefficient (Wildman–Crippen LogP) is 6.91. The lowest BCUT2D eigenvalue weighted by Gasteiger charge is -2.08. The summed E-state index contributed by atoms with van der Waals surface area (Å²) in [5, 5.41) is 8.58. The van der Waals surface area contributed by atoms with Crippen LogP contribution in [0.5, 0.6) is 0 Å². The van der Waals surface area contributed by atoms with Crippen molar-refractivity contribution in [2.45, 2.75) is 6.54 Å². The second kappa shape index (κ2) is 9.10. The van der Waals surface area contributed by atoms with E-state index >= 15 is 0 Å². The van der Waals surface area contributed by atoms with E-state index in [2.05, 4.69) is 15.1 Å². The molecule has 0 radical (unpaired) electrons. The van der Waals surface area contributed by atoms with E-state index in [0.717, 1.165) is 32.8 Å². The average Bonchev–Trinajstić information content (AvgIpc) is 3.18. The van der Waals surface area contributed by atoms with Crippen LogP contribution in [-0.2, 0) is 6.54 Å². The van der Waals surface area contributed by atoms with Crippen molar-refractivity contribution in [3.8, 4) is 0 Å². The number of halogens is 2. The van der Waals surface area contributed by atoms with Crippen LogP contribution in [0.3, 0.4) is 0 Å². The zero-order chi connectivity index (χ0) is 22.8. The Hall–Kier alpha value is -3.60. The quantitative estimate of drug-likeness (QED) is 0.219. The smallest absolute Gasteiger partial charge is 0.271 e. The number of hydrogen-bond donors (Lipinski definition) is 1. The maximum Gasteiger partial charge on any atom is 0.271 e. The van der Waals surface area contributed by atoms with Crippen molar-refractivity contribution >= 4 is 57.0 Å². The monoisotopic (exact) mass is 471 g/mol. The molecule has 5 aromatic rings. The maximum absolute atomic E-state index is 12.6. The van der Waals surface area contributed by atoms with Crippen LogP contribution in [0, 0.1) is 0 Å². The zero-order valence-electron chi connectivity index (χ0n) is 17.5. The van der Waals surface area contributed by atoms with Crippen molar-refractivity contribution in [1.29, 1.82) is 0 Å². The van der Waals surface area contributed by atoms with Crippen LogP contribution in [0.2, 0.25) is 10.0 Å². The van der Waals surface area contributed by atoms with Gasteiger partial charge in [0, 0.05) is 44.8 Å². The maximum atomic E-state index is 12.6. The van der Waals surface area contributed by atoms with Gasteiger partial charge in [-0.15, -0.1) is 0 Å². The third-order valence-electron chi connectivity index (χ3n) is 5.56. The van der Waals surface area contributed by atoms with Crippen molar-refractivity contribution < 1.29 is 4.79 Å². The van der Waals surface area contributed by atoms with Gasteiger partial charge in [0.1, 0.15) is 0 Å². The Balaban J connectivity index is 1.38. The average molecular weight is 472 g/mol. The predicted molar refractivity (Wildman–Crippen MR) is 137 cm³/mol. The highest BCUT2D eigenvalue weighted by atomic mass is 35.5. The Labute approximate surface area is 201 Å². The van der Waals surface area contributed by atoms with E-state index in [1.54, 1.807) is 18.3 Å². The Morgan fingerprint density at radius 2 is 1.70 bits per heavy atom. The Morgan fingerprint density at radius 3 is 2.55 bits per heavy atom. The molecule has 0 aliphatic rings. The number of nitrogens with one attached hydrogen (secondary N) is 1. The Kier molecular flexibility index (Phi) is 5.86. The highest BCUT2D eigenvalue weighted by Gasteiger charge is 2.10. The molecule has 162 valence electrons. The first-order valence-electron chi connectivity index (χ1n) is 10.4. The molecule has 33 heavy (non-hydrogen) atoms. The first kappa shape index (κ1) is 21.3. The minimum absolute atomic E-state index is 0.256. The molecule has 5 rings (SSSR count). The SMILES string of the molecule is O=C(N/N=C\c1cn(Cc2ccc(Cl)cc2Cl)c2ccccc12)c1ccc2ccccc2c1. The van der Waals surface area contributed by atoms with E-state index in [1.165, 1.54) is 0 Å². The van der Waals surface area contributed by atoms with Gasteiger partial charge in [-0.2, -0.15) is 5.10 Å².